The third-order valence-electron chi connectivity index (χ3n) is 1.14. The maximum absolute atomic E-state index is 10.7. The van der Waals surface area contributed by atoms with Crippen LogP contribution in [0.2, 0.25) is 0 Å². The Hall–Kier alpha value is -0.680. The molecule has 0 saturated carbocycles. The minimum absolute atomic E-state index is 0.0256. The maximum atomic E-state index is 10.7. The minimum Gasteiger partial charge on any atom is -0.466 e. The van der Waals surface area contributed by atoms with E-state index >= 15 is 0 Å². The molecule has 76 valence electrons. The monoisotopic (exact) mass is 210 g/mol. The predicted molar refractivity (Wildman–Crippen MR) is 43.8 cm³/mol. The van der Waals surface area contributed by atoms with Gasteiger partial charge < -0.3 is 14.5 Å². The summed E-state index contributed by atoms with van der Waals surface area (Å²) in [5.74, 6) is -0.616. The van der Waals surface area contributed by atoms with Crippen LogP contribution < -0.4 is 0 Å². The Labute approximate surface area is 75.4 Å². The number of esters is 1. The summed E-state index contributed by atoms with van der Waals surface area (Å²) in [7, 11) is -3.26. The molecule has 0 rings (SSSR count). The Kier molecular flexibility index (Phi) is 4.87. The molecule has 0 amide bonds. The molecule has 0 atom stereocenters. The lowest BCUT2D eigenvalue weighted by Crippen LogP contribution is -2.06. The molecule has 0 spiro atoms. The molecular formula is C6H11O6P. The standard InChI is InChI=1S/C6H11O6P/c1-5(6(7)11-2)3-4-12-13(8,9)10/h1,3-4H2,2H3,(H2,8,9,10). The van der Waals surface area contributed by atoms with Gasteiger partial charge in [-0.15, -0.1) is 0 Å². The smallest absolute Gasteiger partial charge is 0.466 e. The Balaban J connectivity index is 3.73. The van der Waals surface area contributed by atoms with E-state index in [-0.39, 0.29) is 18.6 Å². The number of carbonyl (C=O) groups excluding carboxylic acids is 1. The quantitative estimate of drug-likeness (QED) is 0.383. The van der Waals surface area contributed by atoms with Crippen molar-refractivity contribution in [1.29, 1.82) is 0 Å². The zero-order chi connectivity index (χ0) is 10.5. The van der Waals surface area contributed by atoms with Crippen LogP contribution in [-0.2, 0) is 18.6 Å². The molecule has 0 saturated heterocycles. The van der Waals surface area contributed by atoms with E-state index in [1.54, 1.807) is 0 Å². The summed E-state index contributed by atoms with van der Waals surface area (Å²) in [6.45, 7) is 3.07. The molecule has 0 aromatic rings. The minimum atomic E-state index is -4.45. The molecule has 0 heterocycles. The Morgan fingerprint density at radius 3 is 2.46 bits per heavy atom. The first kappa shape index (κ1) is 12.3. The fraction of sp³-hybridized carbons (Fsp3) is 0.500. The van der Waals surface area contributed by atoms with E-state index in [0.717, 1.165) is 0 Å². The molecule has 0 aliphatic rings. The molecule has 2 N–H and O–H groups in total. The molecule has 0 aromatic carbocycles. The number of methoxy groups -OCH3 is 1. The second-order valence-corrected chi connectivity index (χ2v) is 3.41. The van der Waals surface area contributed by atoms with Gasteiger partial charge in [-0.3, -0.25) is 4.52 Å². The van der Waals surface area contributed by atoms with Gasteiger partial charge in [0.05, 0.1) is 13.7 Å². The maximum Gasteiger partial charge on any atom is 0.469 e. The molecule has 0 radical (unpaired) electrons. The van der Waals surface area contributed by atoms with Crippen molar-refractivity contribution in [1.82, 2.24) is 0 Å². The average Bonchev–Trinajstić information content (AvgIpc) is 2.00. The van der Waals surface area contributed by atoms with Gasteiger partial charge in [-0.25, -0.2) is 9.36 Å². The largest absolute Gasteiger partial charge is 0.469 e. The topological polar surface area (TPSA) is 93.1 Å². The fourth-order valence-corrected chi connectivity index (χ4v) is 0.863. The highest BCUT2D eigenvalue weighted by atomic mass is 31.2. The van der Waals surface area contributed by atoms with Crippen LogP contribution in [0.5, 0.6) is 0 Å². The van der Waals surface area contributed by atoms with Crippen LogP contribution in [-0.4, -0.2) is 29.5 Å². The normalized spacial score (nSPS) is 11.0. The molecule has 0 aliphatic heterocycles. The van der Waals surface area contributed by atoms with Crippen molar-refractivity contribution in [2.45, 2.75) is 6.42 Å². The summed E-state index contributed by atoms with van der Waals surface area (Å²) in [5.41, 5.74) is 0.107. The predicted octanol–water partition coefficient (Wildman–Crippen LogP) is 0.215. The summed E-state index contributed by atoms with van der Waals surface area (Å²) >= 11 is 0. The van der Waals surface area contributed by atoms with Crippen molar-refractivity contribution in [3.8, 4) is 0 Å². The molecule has 13 heavy (non-hydrogen) atoms. The second kappa shape index (κ2) is 5.14. The lowest BCUT2D eigenvalue weighted by Gasteiger charge is -2.05. The van der Waals surface area contributed by atoms with E-state index in [4.69, 9.17) is 9.79 Å². The summed E-state index contributed by atoms with van der Waals surface area (Å²) in [6, 6.07) is 0. The van der Waals surface area contributed by atoms with E-state index in [1.165, 1.54) is 7.11 Å². The van der Waals surface area contributed by atoms with Gasteiger partial charge in [0.25, 0.3) is 0 Å². The van der Waals surface area contributed by atoms with Crippen LogP contribution in [0, 0.1) is 0 Å². The average molecular weight is 210 g/mol. The van der Waals surface area contributed by atoms with Crippen LogP contribution in [0.25, 0.3) is 0 Å². The summed E-state index contributed by atoms with van der Waals surface area (Å²) < 4.78 is 18.6. The van der Waals surface area contributed by atoms with Crippen molar-refractivity contribution in [3.63, 3.8) is 0 Å². The van der Waals surface area contributed by atoms with E-state index in [0.29, 0.717) is 0 Å². The van der Waals surface area contributed by atoms with E-state index < -0.39 is 13.8 Å². The first-order valence-electron chi connectivity index (χ1n) is 3.33. The van der Waals surface area contributed by atoms with Crippen LogP contribution >= 0.6 is 7.82 Å². The number of ether oxygens (including phenoxy) is 1. The highest BCUT2D eigenvalue weighted by Crippen LogP contribution is 2.35. The van der Waals surface area contributed by atoms with Crippen LogP contribution in [0.15, 0.2) is 12.2 Å². The lowest BCUT2D eigenvalue weighted by atomic mass is 10.2. The van der Waals surface area contributed by atoms with Crippen molar-refractivity contribution < 1.29 is 28.4 Å². The van der Waals surface area contributed by atoms with E-state index in [9.17, 15) is 9.36 Å². The molecule has 0 aromatic heterocycles. The number of phosphoric acid groups is 1. The Morgan fingerprint density at radius 1 is 1.54 bits per heavy atom. The van der Waals surface area contributed by atoms with Gasteiger partial charge >= 0.3 is 13.8 Å². The molecule has 7 heteroatoms. The van der Waals surface area contributed by atoms with Crippen LogP contribution in [0.1, 0.15) is 6.42 Å². The fourth-order valence-electron chi connectivity index (χ4n) is 0.534. The molecule has 0 aliphatic carbocycles. The molecule has 6 nitrogen and oxygen atoms in total. The Morgan fingerprint density at radius 2 is 2.08 bits per heavy atom. The lowest BCUT2D eigenvalue weighted by molar-refractivity contribution is -0.136. The third kappa shape index (κ3) is 6.48. The van der Waals surface area contributed by atoms with Gasteiger partial charge in [-0.2, -0.15) is 0 Å². The van der Waals surface area contributed by atoms with Crippen LogP contribution in [0.4, 0.5) is 0 Å². The van der Waals surface area contributed by atoms with Crippen molar-refractivity contribution >= 4 is 13.8 Å². The second-order valence-electron chi connectivity index (χ2n) is 2.17. The SMILES string of the molecule is C=C(CCOP(=O)(O)O)C(=O)OC. The van der Waals surface area contributed by atoms with Crippen LogP contribution in [0.3, 0.4) is 0 Å². The summed E-state index contributed by atoms with van der Waals surface area (Å²) in [4.78, 5) is 27.2. The first-order chi connectivity index (χ1) is 5.87. The number of carbonyl (C=O) groups is 1. The summed E-state index contributed by atoms with van der Waals surface area (Å²) in [6.07, 6.45) is 0.0256. The van der Waals surface area contributed by atoms with Gasteiger partial charge in [-0.05, 0) is 0 Å². The summed E-state index contributed by atoms with van der Waals surface area (Å²) in [5, 5.41) is 0. The van der Waals surface area contributed by atoms with Gasteiger partial charge in [0.2, 0.25) is 0 Å². The van der Waals surface area contributed by atoms with Gasteiger partial charge in [0, 0.05) is 12.0 Å². The van der Waals surface area contributed by atoms with E-state index in [1.807, 2.05) is 0 Å². The van der Waals surface area contributed by atoms with Crippen molar-refractivity contribution in [2.24, 2.45) is 0 Å². The molecule has 0 fully saturated rings. The first-order valence-corrected chi connectivity index (χ1v) is 4.86. The number of phosphoric ester groups is 1. The Bertz CT molecular complexity index is 242. The third-order valence-corrected chi connectivity index (χ3v) is 1.66. The zero-order valence-corrected chi connectivity index (χ0v) is 7.99. The van der Waals surface area contributed by atoms with Gasteiger partial charge in [0.1, 0.15) is 0 Å². The van der Waals surface area contributed by atoms with Crippen molar-refractivity contribution in [3.05, 3.63) is 12.2 Å². The molecule has 0 unspecified atom stereocenters. The molecular weight excluding hydrogens is 199 g/mol. The van der Waals surface area contributed by atoms with Crippen molar-refractivity contribution in [2.75, 3.05) is 13.7 Å². The zero-order valence-electron chi connectivity index (χ0n) is 7.10. The highest BCUT2D eigenvalue weighted by Gasteiger charge is 2.14. The number of rotatable bonds is 5. The number of hydrogen-bond donors (Lipinski definition) is 2. The van der Waals surface area contributed by atoms with Gasteiger partial charge in [0.15, 0.2) is 0 Å². The van der Waals surface area contributed by atoms with E-state index in [2.05, 4.69) is 15.8 Å². The molecule has 0 bridgehead atoms. The van der Waals surface area contributed by atoms with Gasteiger partial charge in [-0.1, -0.05) is 6.58 Å². The highest BCUT2D eigenvalue weighted by molar-refractivity contribution is 7.46. The number of hydrogen-bond acceptors (Lipinski definition) is 4.